The number of fused-ring (bicyclic) bond motifs is 1. The van der Waals surface area contributed by atoms with Gasteiger partial charge in [0.15, 0.2) is 0 Å². The molecule has 6 heteroatoms. The van der Waals surface area contributed by atoms with Gasteiger partial charge in [0.05, 0.1) is 22.3 Å². The lowest BCUT2D eigenvalue weighted by Crippen LogP contribution is -2.28. The number of imidazole rings is 1. The van der Waals surface area contributed by atoms with Crippen molar-refractivity contribution in [3.63, 3.8) is 0 Å². The Bertz CT molecular complexity index is 998. The van der Waals surface area contributed by atoms with Crippen molar-refractivity contribution in [3.05, 3.63) is 41.9 Å². The van der Waals surface area contributed by atoms with Gasteiger partial charge in [-0.15, -0.1) is 0 Å². The molecule has 1 N–H and O–H groups in total. The minimum Gasteiger partial charge on any atom is -0.318 e. The second-order valence-corrected chi connectivity index (χ2v) is 9.25. The highest BCUT2D eigenvalue weighted by atomic mass is 16.2. The average molecular weight is 382 g/mol. The second kappa shape index (κ2) is 7.08. The fourth-order valence-corrected chi connectivity index (χ4v) is 3.25. The van der Waals surface area contributed by atoms with Gasteiger partial charge in [0.2, 0.25) is 5.91 Å². The summed E-state index contributed by atoms with van der Waals surface area (Å²) < 4.78 is 3.89. The van der Waals surface area contributed by atoms with Gasteiger partial charge in [0.25, 0.3) is 0 Å². The van der Waals surface area contributed by atoms with Crippen molar-refractivity contribution in [1.29, 1.82) is 0 Å². The first-order valence-electron chi connectivity index (χ1n) is 9.85. The topological polar surface area (TPSA) is 64.7 Å². The van der Waals surface area contributed by atoms with Crippen LogP contribution in [0.1, 0.15) is 60.0 Å². The van der Waals surface area contributed by atoms with Gasteiger partial charge in [0, 0.05) is 17.9 Å². The fourth-order valence-electron chi connectivity index (χ4n) is 3.25. The van der Waals surface area contributed by atoms with Crippen LogP contribution in [0.5, 0.6) is 0 Å². The monoisotopic (exact) mass is 381 g/mol. The quantitative estimate of drug-likeness (QED) is 0.724. The zero-order chi connectivity index (χ0) is 20.7. The summed E-state index contributed by atoms with van der Waals surface area (Å²) in [5.74, 6) is 1.56. The molecule has 0 spiro atoms. The number of amides is 1. The standard InChI is InChI=1S/C22H31N5O/c1-8-18-23-15-11-9-10-12-16(15)26(18)14-20(28)24-19-13-17(21(2,3)4)25-27(19)22(5,6)7/h9-13H,8,14H2,1-7H3,(H,24,28). The van der Waals surface area contributed by atoms with Crippen molar-refractivity contribution in [3.8, 4) is 0 Å². The van der Waals surface area contributed by atoms with Crippen molar-refractivity contribution < 1.29 is 4.79 Å². The Morgan fingerprint density at radius 3 is 2.39 bits per heavy atom. The van der Waals surface area contributed by atoms with Gasteiger partial charge in [-0.3, -0.25) is 4.79 Å². The van der Waals surface area contributed by atoms with Gasteiger partial charge in [-0.25, -0.2) is 9.67 Å². The third-order valence-electron chi connectivity index (χ3n) is 4.73. The molecule has 0 atom stereocenters. The van der Waals surface area contributed by atoms with E-state index < -0.39 is 0 Å². The molecule has 3 rings (SSSR count). The van der Waals surface area contributed by atoms with E-state index in [4.69, 9.17) is 5.10 Å². The number of benzene rings is 1. The predicted molar refractivity (Wildman–Crippen MR) is 114 cm³/mol. The molecule has 0 unspecified atom stereocenters. The molecule has 1 aromatic carbocycles. The van der Waals surface area contributed by atoms with Crippen molar-refractivity contribution in [2.45, 2.75) is 72.4 Å². The average Bonchev–Trinajstić information content (AvgIpc) is 3.16. The van der Waals surface area contributed by atoms with Crippen molar-refractivity contribution in [2.24, 2.45) is 0 Å². The van der Waals surface area contributed by atoms with E-state index in [2.05, 4.69) is 58.8 Å². The second-order valence-electron chi connectivity index (χ2n) is 9.25. The first-order valence-corrected chi connectivity index (χ1v) is 9.85. The summed E-state index contributed by atoms with van der Waals surface area (Å²) in [5, 5.41) is 7.85. The van der Waals surface area contributed by atoms with Crippen LogP contribution in [0.25, 0.3) is 11.0 Å². The maximum atomic E-state index is 12.9. The Balaban J connectivity index is 1.91. The smallest absolute Gasteiger partial charge is 0.245 e. The lowest BCUT2D eigenvalue weighted by molar-refractivity contribution is -0.116. The van der Waals surface area contributed by atoms with Crippen LogP contribution in [0.15, 0.2) is 30.3 Å². The summed E-state index contributed by atoms with van der Waals surface area (Å²) in [5.41, 5.74) is 2.53. The lowest BCUT2D eigenvalue weighted by atomic mass is 9.92. The molecule has 28 heavy (non-hydrogen) atoms. The number of rotatable bonds is 4. The van der Waals surface area contributed by atoms with E-state index in [-0.39, 0.29) is 23.4 Å². The summed E-state index contributed by atoms with van der Waals surface area (Å²) in [6, 6.07) is 9.91. The van der Waals surface area contributed by atoms with Gasteiger partial charge >= 0.3 is 0 Å². The molecule has 6 nitrogen and oxygen atoms in total. The van der Waals surface area contributed by atoms with Gasteiger partial charge in [-0.05, 0) is 32.9 Å². The molecule has 2 aromatic heterocycles. The number of carbonyl (C=O) groups is 1. The SMILES string of the molecule is CCc1nc2ccccc2n1CC(=O)Nc1cc(C(C)(C)C)nn1C(C)(C)C. The summed E-state index contributed by atoms with van der Waals surface area (Å²) in [6.45, 7) is 14.9. The van der Waals surface area contributed by atoms with E-state index in [0.29, 0.717) is 0 Å². The fraction of sp³-hybridized carbons (Fsp3) is 0.500. The summed E-state index contributed by atoms with van der Waals surface area (Å²) in [4.78, 5) is 17.6. The number of nitrogens with zero attached hydrogens (tertiary/aromatic N) is 4. The summed E-state index contributed by atoms with van der Waals surface area (Å²) in [7, 11) is 0. The molecule has 0 fully saturated rings. The van der Waals surface area contributed by atoms with Crippen LogP contribution >= 0.6 is 0 Å². The number of hydrogen-bond acceptors (Lipinski definition) is 3. The Morgan fingerprint density at radius 1 is 1.11 bits per heavy atom. The maximum Gasteiger partial charge on any atom is 0.245 e. The zero-order valence-corrected chi connectivity index (χ0v) is 18.0. The number of hydrogen-bond donors (Lipinski definition) is 1. The van der Waals surface area contributed by atoms with Crippen LogP contribution < -0.4 is 5.32 Å². The number of para-hydroxylation sites is 2. The van der Waals surface area contributed by atoms with Gasteiger partial charge in [0.1, 0.15) is 18.2 Å². The highest BCUT2D eigenvalue weighted by Crippen LogP contribution is 2.28. The molecule has 0 aliphatic carbocycles. The molecule has 150 valence electrons. The first kappa shape index (κ1) is 20.1. The van der Waals surface area contributed by atoms with Crippen LogP contribution in [-0.4, -0.2) is 25.2 Å². The van der Waals surface area contributed by atoms with Crippen molar-refractivity contribution >= 4 is 22.8 Å². The number of anilines is 1. The Hall–Kier alpha value is -2.63. The van der Waals surface area contributed by atoms with E-state index in [9.17, 15) is 4.79 Å². The molecule has 2 heterocycles. The molecular formula is C22H31N5O. The van der Waals surface area contributed by atoms with Crippen LogP contribution in [0, 0.1) is 0 Å². The number of carbonyl (C=O) groups excluding carboxylic acids is 1. The highest BCUT2D eigenvalue weighted by Gasteiger charge is 2.26. The van der Waals surface area contributed by atoms with Crippen LogP contribution in [0.3, 0.4) is 0 Å². The molecule has 1 amide bonds. The molecule has 0 saturated heterocycles. The molecule has 3 aromatic rings. The normalized spacial score (nSPS) is 12.5. The van der Waals surface area contributed by atoms with E-state index in [0.717, 1.165) is 34.8 Å². The van der Waals surface area contributed by atoms with E-state index in [1.165, 1.54) is 0 Å². The van der Waals surface area contributed by atoms with Gasteiger partial charge in [-0.2, -0.15) is 5.10 Å². The largest absolute Gasteiger partial charge is 0.318 e. The summed E-state index contributed by atoms with van der Waals surface area (Å²) in [6.07, 6.45) is 0.774. The number of nitrogens with one attached hydrogen (secondary N) is 1. The molecule has 0 radical (unpaired) electrons. The molecular weight excluding hydrogens is 350 g/mol. The zero-order valence-electron chi connectivity index (χ0n) is 18.0. The third-order valence-corrected chi connectivity index (χ3v) is 4.73. The highest BCUT2D eigenvalue weighted by molar-refractivity contribution is 5.91. The van der Waals surface area contributed by atoms with E-state index in [1.54, 1.807) is 0 Å². The molecule has 0 aliphatic rings. The predicted octanol–water partition coefficient (Wildman–Crippen LogP) is 4.49. The minimum atomic E-state index is -0.234. The van der Waals surface area contributed by atoms with Crippen LogP contribution in [0.4, 0.5) is 5.82 Å². The first-order chi connectivity index (χ1) is 13.0. The number of aromatic nitrogens is 4. The maximum absolute atomic E-state index is 12.9. The number of aryl methyl sites for hydroxylation is 1. The van der Waals surface area contributed by atoms with E-state index in [1.807, 2.05) is 39.6 Å². The van der Waals surface area contributed by atoms with Gasteiger partial charge < -0.3 is 9.88 Å². The van der Waals surface area contributed by atoms with Crippen LogP contribution in [0.2, 0.25) is 0 Å². The van der Waals surface area contributed by atoms with Crippen LogP contribution in [-0.2, 0) is 28.7 Å². The Labute approximate surface area is 167 Å². The minimum absolute atomic E-state index is 0.0799. The summed E-state index contributed by atoms with van der Waals surface area (Å²) >= 11 is 0. The van der Waals surface area contributed by atoms with E-state index >= 15 is 0 Å². The van der Waals surface area contributed by atoms with Crippen molar-refractivity contribution in [2.75, 3.05) is 5.32 Å². The Morgan fingerprint density at radius 2 is 1.79 bits per heavy atom. The molecule has 0 aliphatic heterocycles. The van der Waals surface area contributed by atoms with Crippen molar-refractivity contribution in [1.82, 2.24) is 19.3 Å². The van der Waals surface area contributed by atoms with Gasteiger partial charge in [-0.1, -0.05) is 39.8 Å². The molecule has 0 saturated carbocycles. The lowest BCUT2D eigenvalue weighted by Gasteiger charge is -2.23. The third kappa shape index (κ3) is 3.96. The molecule has 0 bridgehead atoms. The Kier molecular flexibility index (Phi) is 5.08.